The van der Waals surface area contributed by atoms with Gasteiger partial charge in [0.05, 0.1) is 0 Å². The highest BCUT2D eigenvalue weighted by molar-refractivity contribution is 5.80. The molecule has 0 heterocycles. The van der Waals surface area contributed by atoms with Gasteiger partial charge in [-0.1, -0.05) is 5.16 Å². The van der Waals surface area contributed by atoms with Gasteiger partial charge in [-0.05, 0) is 6.92 Å². The minimum Gasteiger partial charge on any atom is -0.409 e. The number of rotatable bonds is 4. The predicted octanol–water partition coefficient (Wildman–Crippen LogP) is 2.04. The van der Waals surface area contributed by atoms with Crippen molar-refractivity contribution in [1.82, 2.24) is 0 Å². The van der Waals surface area contributed by atoms with Crippen molar-refractivity contribution < 1.29 is 18.4 Å². The van der Waals surface area contributed by atoms with Crippen molar-refractivity contribution in [1.29, 1.82) is 0 Å². The third-order valence-corrected chi connectivity index (χ3v) is 2.04. The van der Waals surface area contributed by atoms with Crippen LogP contribution < -0.4 is 11.1 Å². The fraction of sp³-hybridized carbons (Fsp3) is 0.300. The Hall–Kier alpha value is -1.92. The first kappa shape index (κ1) is 13.1. The number of anilines is 1. The Balaban J connectivity index is 2.81. The van der Waals surface area contributed by atoms with Crippen LogP contribution in [0.15, 0.2) is 17.3 Å². The van der Waals surface area contributed by atoms with Crippen LogP contribution in [0.25, 0.3) is 0 Å². The van der Waals surface area contributed by atoms with Crippen molar-refractivity contribution in [2.45, 2.75) is 19.4 Å². The lowest BCUT2D eigenvalue weighted by Crippen LogP contribution is -2.25. The highest BCUT2D eigenvalue weighted by Crippen LogP contribution is 2.21. The normalized spacial score (nSPS) is 13.5. The van der Waals surface area contributed by atoms with Crippen LogP contribution in [0, 0.1) is 17.5 Å². The third kappa shape index (κ3) is 3.54. The summed E-state index contributed by atoms with van der Waals surface area (Å²) < 4.78 is 39.1. The molecule has 17 heavy (non-hydrogen) atoms. The van der Waals surface area contributed by atoms with Crippen LogP contribution in [0.1, 0.15) is 13.3 Å². The monoisotopic (exact) mass is 247 g/mol. The molecule has 0 aliphatic rings. The number of nitrogens with two attached hydrogens (primary N) is 1. The van der Waals surface area contributed by atoms with Crippen LogP contribution in [0.5, 0.6) is 0 Å². The van der Waals surface area contributed by atoms with Gasteiger partial charge < -0.3 is 16.3 Å². The van der Waals surface area contributed by atoms with Gasteiger partial charge in [-0.25, -0.2) is 13.2 Å². The van der Waals surface area contributed by atoms with Crippen molar-refractivity contribution in [2.75, 3.05) is 5.32 Å². The molecule has 0 bridgehead atoms. The van der Waals surface area contributed by atoms with E-state index in [2.05, 4.69) is 10.5 Å². The summed E-state index contributed by atoms with van der Waals surface area (Å²) in [5.41, 5.74) is 4.80. The summed E-state index contributed by atoms with van der Waals surface area (Å²) >= 11 is 0. The Morgan fingerprint density at radius 2 is 1.94 bits per heavy atom. The Bertz CT molecular complexity index is 414. The maximum absolute atomic E-state index is 13.2. The zero-order chi connectivity index (χ0) is 13.0. The number of hydrogen-bond donors (Lipinski definition) is 3. The van der Waals surface area contributed by atoms with Crippen LogP contribution in [0.2, 0.25) is 0 Å². The molecule has 0 spiro atoms. The van der Waals surface area contributed by atoms with E-state index >= 15 is 0 Å². The molecule has 0 fully saturated rings. The molecular formula is C10H12F3N3O. The van der Waals surface area contributed by atoms with Gasteiger partial charge in [-0.15, -0.1) is 0 Å². The van der Waals surface area contributed by atoms with E-state index in [0.29, 0.717) is 12.1 Å². The average molecular weight is 247 g/mol. The third-order valence-electron chi connectivity index (χ3n) is 2.04. The molecule has 94 valence electrons. The van der Waals surface area contributed by atoms with Crippen LogP contribution in [-0.4, -0.2) is 17.1 Å². The van der Waals surface area contributed by atoms with Gasteiger partial charge in [-0.3, -0.25) is 0 Å². The van der Waals surface area contributed by atoms with E-state index < -0.39 is 29.2 Å². The molecule has 1 aromatic rings. The summed E-state index contributed by atoms with van der Waals surface area (Å²) in [5, 5.41) is 13.6. The molecule has 0 aromatic heterocycles. The first-order valence-electron chi connectivity index (χ1n) is 4.81. The first-order chi connectivity index (χ1) is 7.93. The summed E-state index contributed by atoms with van der Waals surface area (Å²) in [4.78, 5) is 0. The number of benzene rings is 1. The molecule has 0 saturated heterocycles. The summed E-state index contributed by atoms with van der Waals surface area (Å²) in [6, 6.07) is 0.670. The van der Waals surface area contributed by atoms with E-state index in [0.717, 1.165) is 0 Å². The number of nitrogens with one attached hydrogen (secondary N) is 1. The Labute approximate surface area is 95.9 Å². The van der Waals surface area contributed by atoms with Gasteiger partial charge in [0, 0.05) is 24.6 Å². The molecule has 1 unspecified atom stereocenters. The number of amidine groups is 1. The van der Waals surface area contributed by atoms with Crippen molar-refractivity contribution in [2.24, 2.45) is 10.9 Å². The molecule has 0 radical (unpaired) electrons. The molecule has 0 amide bonds. The van der Waals surface area contributed by atoms with Crippen molar-refractivity contribution in [3.63, 3.8) is 0 Å². The quantitative estimate of drug-likeness (QED) is 0.330. The van der Waals surface area contributed by atoms with Gasteiger partial charge in [0.15, 0.2) is 11.6 Å². The minimum absolute atomic E-state index is 0.0760. The lowest BCUT2D eigenvalue weighted by molar-refractivity contribution is 0.316. The lowest BCUT2D eigenvalue weighted by Gasteiger charge is -2.15. The number of hydrogen-bond acceptors (Lipinski definition) is 3. The maximum Gasteiger partial charge on any atom is 0.152 e. The molecule has 4 N–H and O–H groups in total. The van der Waals surface area contributed by atoms with E-state index in [9.17, 15) is 13.2 Å². The highest BCUT2D eigenvalue weighted by atomic mass is 19.1. The Kier molecular flexibility index (Phi) is 4.19. The van der Waals surface area contributed by atoms with Crippen molar-refractivity contribution in [3.05, 3.63) is 29.6 Å². The number of halogens is 3. The van der Waals surface area contributed by atoms with E-state index in [-0.39, 0.29) is 12.3 Å². The fourth-order valence-electron chi connectivity index (χ4n) is 1.33. The molecule has 0 aliphatic carbocycles. The van der Waals surface area contributed by atoms with E-state index in [4.69, 9.17) is 10.9 Å². The van der Waals surface area contributed by atoms with Gasteiger partial charge >= 0.3 is 0 Å². The predicted molar refractivity (Wildman–Crippen MR) is 57.4 cm³/mol. The van der Waals surface area contributed by atoms with Gasteiger partial charge in [-0.2, -0.15) is 0 Å². The summed E-state index contributed by atoms with van der Waals surface area (Å²) in [6.45, 7) is 1.58. The molecular weight excluding hydrogens is 235 g/mol. The van der Waals surface area contributed by atoms with Crippen LogP contribution in [0.4, 0.5) is 18.9 Å². The average Bonchev–Trinajstić information content (AvgIpc) is 2.23. The summed E-state index contributed by atoms with van der Waals surface area (Å²) in [5.74, 6) is -3.13. The van der Waals surface area contributed by atoms with E-state index in [1.807, 2.05) is 0 Å². The van der Waals surface area contributed by atoms with Crippen LogP contribution in [-0.2, 0) is 0 Å². The topological polar surface area (TPSA) is 70.6 Å². The molecule has 1 aromatic carbocycles. The molecule has 1 rings (SSSR count). The largest absolute Gasteiger partial charge is 0.409 e. The van der Waals surface area contributed by atoms with Gasteiger partial charge in [0.2, 0.25) is 0 Å². The maximum atomic E-state index is 13.2. The zero-order valence-corrected chi connectivity index (χ0v) is 9.04. The highest BCUT2D eigenvalue weighted by Gasteiger charge is 2.14. The smallest absolute Gasteiger partial charge is 0.152 e. The lowest BCUT2D eigenvalue weighted by atomic mass is 10.2. The van der Waals surface area contributed by atoms with Crippen LogP contribution >= 0.6 is 0 Å². The fourth-order valence-corrected chi connectivity index (χ4v) is 1.33. The SMILES string of the molecule is CC(CC(N)=NO)Nc1c(F)cc(F)cc1F. The van der Waals surface area contributed by atoms with E-state index in [1.165, 1.54) is 0 Å². The second-order valence-corrected chi connectivity index (χ2v) is 3.59. The summed E-state index contributed by atoms with van der Waals surface area (Å²) in [7, 11) is 0. The van der Waals surface area contributed by atoms with Crippen LogP contribution in [0.3, 0.4) is 0 Å². The first-order valence-corrected chi connectivity index (χ1v) is 4.81. The minimum atomic E-state index is -1.03. The van der Waals surface area contributed by atoms with E-state index in [1.54, 1.807) is 6.92 Å². The summed E-state index contributed by atoms with van der Waals surface area (Å²) in [6.07, 6.45) is 0.0900. The van der Waals surface area contributed by atoms with Gasteiger partial charge in [0.1, 0.15) is 17.3 Å². The molecule has 1 atom stereocenters. The Morgan fingerprint density at radius 1 is 1.41 bits per heavy atom. The molecule has 4 nitrogen and oxygen atoms in total. The second kappa shape index (κ2) is 5.42. The standard InChI is InChI=1S/C10H12F3N3O/c1-5(2-9(14)16-17)15-10-7(12)3-6(11)4-8(10)13/h3-5,15,17H,2H2,1H3,(H2,14,16). The number of nitrogens with zero attached hydrogens (tertiary/aromatic N) is 1. The molecule has 0 aliphatic heterocycles. The van der Waals surface area contributed by atoms with Crippen molar-refractivity contribution in [3.8, 4) is 0 Å². The number of oxime groups is 1. The Morgan fingerprint density at radius 3 is 2.41 bits per heavy atom. The molecule has 7 heteroatoms. The van der Waals surface area contributed by atoms with Gasteiger partial charge in [0.25, 0.3) is 0 Å². The second-order valence-electron chi connectivity index (χ2n) is 3.59. The molecule has 0 saturated carbocycles. The zero-order valence-electron chi connectivity index (χ0n) is 9.04. The van der Waals surface area contributed by atoms with Crippen molar-refractivity contribution >= 4 is 11.5 Å².